The molecule has 1 aliphatic rings. The smallest absolute Gasteiger partial charge is 0.166 e. The Morgan fingerprint density at radius 1 is 1.19 bits per heavy atom. The Bertz CT molecular complexity index is 668. The van der Waals surface area contributed by atoms with Gasteiger partial charge in [0.15, 0.2) is 5.69 Å². The van der Waals surface area contributed by atoms with Crippen LogP contribution in [0.3, 0.4) is 0 Å². The second-order valence-electron chi connectivity index (χ2n) is 5.41. The number of likely N-dealkylation sites (tertiary alicyclic amines) is 1. The summed E-state index contributed by atoms with van der Waals surface area (Å²) in [4.78, 5) is 10.9. The summed E-state index contributed by atoms with van der Waals surface area (Å²) in [6.07, 6.45) is 5.76. The van der Waals surface area contributed by atoms with E-state index >= 15 is 0 Å². The quantitative estimate of drug-likeness (QED) is 0.865. The molecular weight excluding hydrogens is 260 g/mol. The molecule has 1 saturated heterocycles. The van der Waals surface area contributed by atoms with E-state index in [2.05, 4.69) is 40.0 Å². The minimum atomic E-state index is 0.378. The Morgan fingerprint density at radius 3 is 2.71 bits per heavy atom. The molecule has 0 N–H and O–H groups in total. The summed E-state index contributed by atoms with van der Waals surface area (Å²) in [5.41, 5.74) is 3.27. The standard InChI is InChI=1S/C17H18N4/c1-13(21-9-2-3-10-21)14-5-4-6-15(11-14)17-16(12-18)19-7-8-20-17/h4-8,11,13H,2-3,9-10H2,1H3. The van der Waals surface area contributed by atoms with Crippen LogP contribution in [0.5, 0.6) is 0 Å². The Kier molecular flexibility index (Phi) is 3.94. The Labute approximate surface area is 125 Å². The highest BCUT2D eigenvalue weighted by molar-refractivity contribution is 5.65. The molecule has 1 fully saturated rings. The van der Waals surface area contributed by atoms with Crippen LogP contribution in [0.15, 0.2) is 36.7 Å². The third-order valence-electron chi connectivity index (χ3n) is 4.13. The number of hydrogen-bond acceptors (Lipinski definition) is 4. The summed E-state index contributed by atoms with van der Waals surface area (Å²) in [6, 6.07) is 10.8. The number of nitriles is 1. The lowest BCUT2D eigenvalue weighted by atomic mass is 10.0. The molecule has 1 aromatic heterocycles. The zero-order chi connectivity index (χ0) is 14.7. The predicted octanol–water partition coefficient (Wildman–Crippen LogP) is 3.17. The van der Waals surface area contributed by atoms with E-state index in [4.69, 9.17) is 0 Å². The molecular formula is C17H18N4. The first-order valence-corrected chi connectivity index (χ1v) is 7.35. The monoisotopic (exact) mass is 278 g/mol. The maximum absolute atomic E-state index is 9.17. The molecule has 0 bridgehead atoms. The van der Waals surface area contributed by atoms with Crippen LogP contribution in [0.2, 0.25) is 0 Å². The van der Waals surface area contributed by atoms with Crippen LogP contribution < -0.4 is 0 Å². The van der Waals surface area contributed by atoms with E-state index in [-0.39, 0.29) is 0 Å². The summed E-state index contributed by atoms with van der Waals surface area (Å²) in [7, 11) is 0. The fourth-order valence-electron chi connectivity index (χ4n) is 2.92. The van der Waals surface area contributed by atoms with Crippen molar-refractivity contribution in [2.24, 2.45) is 0 Å². The van der Waals surface area contributed by atoms with Gasteiger partial charge in [0.25, 0.3) is 0 Å². The van der Waals surface area contributed by atoms with Crippen LogP contribution in [0, 0.1) is 11.3 Å². The lowest BCUT2D eigenvalue weighted by Gasteiger charge is -2.24. The average Bonchev–Trinajstić information content (AvgIpc) is 3.08. The Hall–Kier alpha value is -2.25. The number of benzene rings is 1. The van der Waals surface area contributed by atoms with Gasteiger partial charge in [0.2, 0.25) is 0 Å². The van der Waals surface area contributed by atoms with Crippen molar-refractivity contribution in [3.8, 4) is 17.3 Å². The van der Waals surface area contributed by atoms with Gasteiger partial charge in [0.1, 0.15) is 11.8 Å². The van der Waals surface area contributed by atoms with E-state index in [1.54, 1.807) is 12.4 Å². The summed E-state index contributed by atoms with van der Waals surface area (Å²) < 4.78 is 0. The Balaban J connectivity index is 1.94. The number of rotatable bonds is 3. The third kappa shape index (κ3) is 2.79. The second kappa shape index (κ2) is 6.02. The van der Waals surface area contributed by atoms with Crippen LogP contribution in [0.25, 0.3) is 11.3 Å². The van der Waals surface area contributed by atoms with Crippen molar-refractivity contribution in [3.05, 3.63) is 47.9 Å². The van der Waals surface area contributed by atoms with Gasteiger partial charge in [0.05, 0.1) is 0 Å². The first kappa shape index (κ1) is 13.7. The third-order valence-corrected chi connectivity index (χ3v) is 4.13. The van der Waals surface area contributed by atoms with Crippen molar-refractivity contribution in [2.45, 2.75) is 25.8 Å². The molecule has 1 atom stereocenters. The second-order valence-corrected chi connectivity index (χ2v) is 5.41. The topological polar surface area (TPSA) is 52.8 Å². The van der Waals surface area contributed by atoms with Crippen LogP contribution in [0.1, 0.15) is 37.1 Å². The molecule has 0 amide bonds. The molecule has 106 valence electrons. The van der Waals surface area contributed by atoms with E-state index in [1.165, 1.54) is 31.5 Å². The normalized spacial score (nSPS) is 16.6. The first-order valence-electron chi connectivity index (χ1n) is 7.35. The number of nitrogens with zero attached hydrogens (tertiary/aromatic N) is 4. The Morgan fingerprint density at radius 2 is 1.95 bits per heavy atom. The molecule has 21 heavy (non-hydrogen) atoms. The lowest BCUT2D eigenvalue weighted by molar-refractivity contribution is 0.263. The largest absolute Gasteiger partial charge is 0.297 e. The maximum atomic E-state index is 9.17. The van der Waals surface area contributed by atoms with Gasteiger partial charge in [-0.2, -0.15) is 5.26 Å². The van der Waals surface area contributed by atoms with Gasteiger partial charge in [-0.15, -0.1) is 0 Å². The number of aromatic nitrogens is 2. The average molecular weight is 278 g/mol. The van der Waals surface area contributed by atoms with Gasteiger partial charge in [-0.25, -0.2) is 4.98 Å². The highest BCUT2D eigenvalue weighted by Gasteiger charge is 2.20. The molecule has 1 aliphatic heterocycles. The summed E-state index contributed by atoms with van der Waals surface area (Å²) in [6.45, 7) is 4.58. The fraction of sp³-hybridized carbons (Fsp3) is 0.353. The first-order chi connectivity index (χ1) is 10.3. The van der Waals surface area contributed by atoms with Crippen LogP contribution in [-0.2, 0) is 0 Å². The SMILES string of the molecule is CC(c1cccc(-c2nccnc2C#N)c1)N1CCCC1. The van der Waals surface area contributed by atoms with Gasteiger partial charge < -0.3 is 0 Å². The van der Waals surface area contributed by atoms with Crippen LogP contribution >= 0.6 is 0 Å². The highest BCUT2D eigenvalue weighted by atomic mass is 15.2. The summed E-state index contributed by atoms with van der Waals surface area (Å²) in [5, 5.41) is 9.17. The van der Waals surface area contributed by atoms with Crippen molar-refractivity contribution in [1.29, 1.82) is 5.26 Å². The highest BCUT2D eigenvalue weighted by Crippen LogP contribution is 2.28. The molecule has 0 spiro atoms. The fourth-order valence-corrected chi connectivity index (χ4v) is 2.92. The van der Waals surface area contributed by atoms with Gasteiger partial charge in [-0.1, -0.05) is 18.2 Å². The van der Waals surface area contributed by atoms with Crippen LogP contribution in [-0.4, -0.2) is 28.0 Å². The van der Waals surface area contributed by atoms with E-state index in [9.17, 15) is 5.26 Å². The lowest BCUT2D eigenvalue weighted by Crippen LogP contribution is -2.23. The zero-order valence-corrected chi connectivity index (χ0v) is 12.2. The van der Waals surface area contributed by atoms with Crippen molar-refractivity contribution >= 4 is 0 Å². The van der Waals surface area contributed by atoms with Crippen LogP contribution in [0.4, 0.5) is 0 Å². The van der Waals surface area contributed by atoms with Gasteiger partial charge in [-0.3, -0.25) is 9.88 Å². The van der Waals surface area contributed by atoms with Crippen molar-refractivity contribution in [1.82, 2.24) is 14.9 Å². The molecule has 2 aromatic rings. The molecule has 3 rings (SSSR count). The van der Waals surface area contributed by atoms with E-state index in [0.29, 0.717) is 17.4 Å². The molecule has 2 heterocycles. The van der Waals surface area contributed by atoms with Crippen molar-refractivity contribution in [3.63, 3.8) is 0 Å². The van der Waals surface area contributed by atoms with Crippen molar-refractivity contribution < 1.29 is 0 Å². The summed E-state index contributed by atoms with van der Waals surface area (Å²) >= 11 is 0. The molecule has 1 aromatic carbocycles. The van der Waals surface area contributed by atoms with E-state index < -0.39 is 0 Å². The number of hydrogen-bond donors (Lipinski definition) is 0. The zero-order valence-electron chi connectivity index (χ0n) is 12.2. The molecule has 0 aliphatic carbocycles. The van der Waals surface area contributed by atoms with Gasteiger partial charge >= 0.3 is 0 Å². The molecule has 0 saturated carbocycles. The molecule has 4 heteroatoms. The minimum absolute atomic E-state index is 0.378. The van der Waals surface area contributed by atoms with Crippen molar-refractivity contribution in [2.75, 3.05) is 13.1 Å². The minimum Gasteiger partial charge on any atom is -0.297 e. The maximum Gasteiger partial charge on any atom is 0.166 e. The molecule has 1 unspecified atom stereocenters. The summed E-state index contributed by atoms with van der Waals surface area (Å²) in [5.74, 6) is 0. The molecule has 0 radical (unpaired) electrons. The van der Waals surface area contributed by atoms with Gasteiger partial charge in [-0.05, 0) is 44.5 Å². The van der Waals surface area contributed by atoms with E-state index in [0.717, 1.165) is 5.56 Å². The van der Waals surface area contributed by atoms with Gasteiger partial charge in [0, 0.05) is 24.0 Å². The predicted molar refractivity (Wildman–Crippen MR) is 81.4 cm³/mol. The van der Waals surface area contributed by atoms with E-state index in [1.807, 2.05) is 12.1 Å². The molecule has 4 nitrogen and oxygen atoms in total.